The highest BCUT2D eigenvalue weighted by Crippen LogP contribution is 2.16. The lowest BCUT2D eigenvalue weighted by Crippen LogP contribution is -2.13. The van der Waals surface area contributed by atoms with Crippen LogP contribution in [0, 0.1) is 5.92 Å². The quantitative estimate of drug-likeness (QED) is 0.712. The van der Waals surface area contributed by atoms with Crippen molar-refractivity contribution in [2.75, 3.05) is 11.9 Å². The van der Waals surface area contributed by atoms with Crippen LogP contribution in [0.1, 0.15) is 46.5 Å². The molecule has 0 unspecified atom stereocenters. The molecule has 19 heavy (non-hydrogen) atoms. The Bertz CT molecular complexity index is 371. The fraction of sp³-hybridized carbons (Fsp3) is 0.562. The van der Waals surface area contributed by atoms with E-state index >= 15 is 0 Å². The number of unbranched alkanes of at least 4 members (excludes halogenated alkanes) is 2. The van der Waals surface area contributed by atoms with Gasteiger partial charge >= 0.3 is 0 Å². The van der Waals surface area contributed by atoms with E-state index in [0.717, 1.165) is 24.5 Å². The number of carbonyl (C=O) groups is 1. The molecular formula is C16H25NO2. The Hall–Kier alpha value is -1.51. The Morgan fingerprint density at radius 3 is 2.47 bits per heavy atom. The smallest absolute Gasteiger partial charge is 0.224 e. The number of anilines is 1. The monoisotopic (exact) mass is 263 g/mol. The van der Waals surface area contributed by atoms with Crippen molar-refractivity contribution in [2.45, 2.75) is 46.5 Å². The molecule has 0 aliphatic heterocycles. The first kappa shape index (κ1) is 15.5. The van der Waals surface area contributed by atoms with E-state index in [1.807, 2.05) is 38.1 Å². The molecule has 0 spiro atoms. The number of benzene rings is 1. The molecule has 3 heteroatoms. The highest BCUT2D eigenvalue weighted by atomic mass is 16.5. The summed E-state index contributed by atoms with van der Waals surface area (Å²) in [7, 11) is 0. The number of carbonyl (C=O) groups excluding carboxylic acids is 1. The van der Waals surface area contributed by atoms with Gasteiger partial charge in [-0.2, -0.15) is 0 Å². The van der Waals surface area contributed by atoms with Crippen molar-refractivity contribution in [2.24, 2.45) is 5.92 Å². The molecule has 3 nitrogen and oxygen atoms in total. The third-order valence-corrected chi connectivity index (χ3v) is 2.75. The highest BCUT2D eigenvalue weighted by Gasteiger charge is 2.05. The van der Waals surface area contributed by atoms with Gasteiger partial charge in [-0.1, -0.05) is 33.6 Å². The molecule has 0 bridgehead atoms. The van der Waals surface area contributed by atoms with Crippen LogP contribution in [0.4, 0.5) is 5.69 Å². The van der Waals surface area contributed by atoms with Crippen molar-refractivity contribution < 1.29 is 9.53 Å². The third kappa shape index (κ3) is 6.85. The second kappa shape index (κ2) is 8.57. The Morgan fingerprint density at radius 2 is 1.89 bits per heavy atom. The summed E-state index contributed by atoms with van der Waals surface area (Å²) >= 11 is 0. The molecule has 1 aromatic rings. The number of rotatable bonds is 8. The summed E-state index contributed by atoms with van der Waals surface area (Å²) in [5, 5.41) is 2.88. The summed E-state index contributed by atoms with van der Waals surface area (Å²) in [6.45, 7) is 7.00. The van der Waals surface area contributed by atoms with E-state index in [1.54, 1.807) is 0 Å². The number of hydrogen-bond acceptors (Lipinski definition) is 2. The van der Waals surface area contributed by atoms with Crippen LogP contribution in [-0.2, 0) is 4.79 Å². The van der Waals surface area contributed by atoms with Crippen molar-refractivity contribution >= 4 is 11.6 Å². The van der Waals surface area contributed by atoms with E-state index in [0.29, 0.717) is 12.3 Å². The van der Waals surface area contributed by atoms with Crippen molar-refractivity contribution in [3.63, 3.8) is 0 Å². The molecule has 1 N–H and O–H groups in total. The maximum absolute atomic E-state index is 11.6. The van der Waals surface area contributed by atoms with Crippen LogP contribution < -0.4 is 10.1 Å². The molecule has 1 amide bonds. The van der Waals surface area contributed by atoms with Crippen LogP contribution >= 0.6 is 0 Å². The second-order valence-corrected chi connectivity index (χ2v) is 5.23. The minimum atomic E-state index is 0.0617. The Morgan fingerprint density at radius 1 is 1.21 bits per heavy atom. The zero-order valence-corrected chi connectivity index (χ0v) is 12.2. The van der Waals surface area contributed by atoms with Gasteiger partial charge in [0.25, 0.3) is 0 Å². The summed E-state index contributed by atoms with van der Waals surface area (Å²) in [4.78, 5) is 11.6. The van der Waals surface area contributed by atoms with E-state index in [9.17, 15) is 4.79 Å². The Labute approximate surface area is 116 Å². The van der Waals surface area contributed by atoms with Gasteiger partial charge in [0.1, 0.15) is 5.75 Å². The molecule has 0 saturated carbocycles. The summed E-state index contributed by atoms with van der Waals surface area (Å²) in [5.74, 6) is 1.30. The number of ether oxygens (including phenoxy) is 1. The highest BCUT2D eigenvalue weighted by molar-refractivity contribution is 5.90. The van der Waals surface area contributed by atoms with E-state index in [1.165, 1.54) is 12.8 Å². The molecule has 0 aromatic heterocycles. The van der Waals surface area contributed by atoms with Gasteiger partial charge in [-0.15, -0.1) is 0 Å². The summed E-state index contributed by atoms with van der Waals surface area (Å²) < 4.78 is 5.62. The van der Waals surface area contributed by atoms with Crippen LogP contribution in [0.3, 0.4) is 0 Å². The zero-order valence-electron chi connectivity index (χ0n) is 12.2. The van der Waals surface area contributed by atoms with Gasteiger partial charge in [0.15, 0.2) is 0 Å². The predicted molar refractivity (Wildman–Crippen MR) is 79.5 cm³/mol. The van der Waals surface area contributed by atoms with Crippen molar-refractivity contribution in [3.8, 4) is 5.75 Å². The lowest BCUT2D eigenvalue weighted by Gasteiger charge is -2.09. The average Bonchev–Trinajstić information content (AvgIpc) is 2.35. The molecule has 0 heterocycles. The van der Waals surface area contributed by atoms with E-state index in [-0.39, 0.29) is 5.91 Å². The molecular weight excluding hydrogens is 238 g/mol. The van der Waals surface area contributed by atoms with Crippen LogP contribution in [-0.4, -0.2) is 12.5 Å². The fourth-order valence-electron chi connectivity index (χ4n) is 1.76. The maximum atomic E-state index is 11.6. The van der Waals surface area contributed by atoms with Crippen LogP contribution in [0.2, 0.25) is 0 Å². The van der Waals surface area contributed by atoms with Gasteiger partial charge < -0.3 is 10.1 Å². The van der Waals surface area contributed by atoms with Gasteiger partial charge in [0.05, 0.1) is 6.61 Å². The van der Waals surface area contributed by atoms with Crippen LogP contribution in [0.15, 0.2) is 24.3 Å². The molecule has 0 radical (unpaired) electrons. The van der Waals surface area contributed by atoms with Gasteiger partial charge in [-0.3, -0.25) is 4.79 Å². The minimum absolute atomic E-state index is 0.0617. The normalized spacial score (nSPS) is 10.5. The van der Waals surface area contributed by atoms with E-state index < -0.39 is 0 Å². The molecule has 0 saturated heterocycles. The summed E-state index contributed by atoms with van der Waals surface area (Å²) in [5.41, 5.74) is 0.826. The first-order valence-corrected chi connectivity index (χ1v) is 7.14. The largest absolute Gasteiger partial charge is 0.494 e. The molecule has 0 fully saturated rings. The van der Waals surface area contributed by atoms with Crippen LogP contribution in [0.5, 0.6) is 5.75 Å². The Balaban J connectivity index is 2.36. The van der Waals surface area contributed by atoms with Gasteiger partial charge in [0.2, 0.25) is 5.91 Å². The lowest BCUT2D eigenvalue weighted by atomic mass is 10.1. The van der Waals surface area contributed by atoms with Crippen molar-refractivity contribution in [1.82, 2.24) is 0 Å². The number of amides is 1. The first-order valence-electron chi connectivity index (χ1n) is 7.14. The molecule has 0 aliphatic rings. The lowest BCUT2D eigenvalue weighted by molar-refractivity contribution is -0.116. The molecule has 0 atom stereocenters. The third-order valence-electron chi connectivity index (χ3n) is 2.75. The van der Waals surface area contributed by atoms with Crippen LogP contribution in [0.25, 0.3) is 0 Å². The van der Waals surface area contributed by atoms with E-state index in [2.05, 4.69) is 12.2 Å². The topological polar surface area (TPSA) is 38.3 Å². The number of hydrogen-bond donors (Lipinski definition) is 1. The standard InChI is InChI=1S/C16H25NO2/c1-4-5-6-11-19-15-9-7-14(8-10-15)17-16(18)12-13(2)3/h7-10,13H,4-6,11-12H2,1-3H3,(H,17,18). The van der Waals surface area contributed by atoms with Crippen molar-refractivity contribution in [3.05, 3.63) is 24.3 Å². The van der Waals surface area contributed by atoms with E-state index in [4.69, 9.17) is 4.74 Å². The fourth-order valence-corrected chi connectivity index (χ4v) is 1.76. The SMILES string of the molecule is CCCCCOc1ccc(NC(=O)CC(C)C)cc1. The second-order valence-electron chi connectivity index (χ2n) is 5.23. The minimum Gasteiger partial charge on any atom is -0.494 e. The predicted octanol–water partition coefficient (Wildman–Crippen LogP) is 4.24. The summed E-state index contributed by atoms with van der Waals surface area (Å²) in [6, 6.07) is 7.56. The molecule has 1 aromatic carbocycles. The molecule has 1 rings (SSSR count). The van der Waals surface area contributed by atoms with Crippen molar-refractivity contribution in [1.29, 1.82) is 0 Å². The summed E-state index contributed by atoms with van der Waals surface area (Å²) in [6.07, 6.45) is 4.03. The van der Waals surface area contributed by atoms with Gasteiger partial charge in [-0.05, 0) is 36.6 Å². The average molecular weight is 263 g/mol. The first-order chi connectivity index (χ1) is 9.11. The Kier molecular flexibility index (Phi) is 7.01. The zero-order chi connectivity index (χ0) is 14.1. The van der Waals surface area contributed by atoms with Gasteiger partial charge in [0, 0.05) is 12.1 Å². The molecule has 0 aliphatic carbocycles. The molecule has 106 valence electrons. The maximum Gasteiger partial charge on any atom is 0.224 e. The number of nitrogens with one attached hydrogen (secondary N) is 1. The van der Waals surface area contributed by atoms with Gasteiger partial charge in [-0.25, -0.2) is 0 Å².